The maximum atomic E-state index is 13.6. The highest BCUT2D eigenvalue weighted by molar-refractivity contribution is 9.09. The van der Waals surface area contributed by atoms with Gasteiger partial charge in [-0.25, -0.2) is 4.39 Å². The van der Waals surface area contributed by atoms with Crippen molar-refractivity contribution in [2.45, 2.75) is 19.5 Å². The van der Waals surface area contributed by atoms with E-state index < -0.39 is 0 Å². The molecule has 0 aromatic heterocycles. The number of alkyl halides is 1. The fraction of sp³-hybridized carbons (Fsp3) is 0.455. The molecular formula is C11H14BrClFN. The van der Waals surface area contributed by atoms with Crippen molar-refractivity contribution in [3.63, 3.8) is 0 Å². The third kappa shape index (κ3) is 3.44. The molecule has 0 bridgehead atoms. The molecule has 0 heterocycles. The predicted molar refractivity (Wildman–Crippen MR) is 66.1 cm³/mol. The Morgan fingerprint density at radius 3 is 2.80 bits per heavy atom. The van der Waals surface area contributed by atoms with E-state index in [1.54, 1.807) is 18.2 Å². The summed E-state index contributed by atoms with van der Waals surface area (Å²) in [6.45, 7) is 2.65. The molecule has 0 saturated heterocycles. The smallest absolute Gasteiger partial charge is 0.146 e. The standard InChI is InChI=1S/C11H14BrClFN/c1-8(6-12)15(2)7-9-4-3-5-10(13)11(9)14/h3-5,8H,6-7H2,1-2H3. The van der Waals surface area contributed by atoms with E-state index in [1.807, 2.05) is 7.05 Å². The van der Waals surface area contributed by atoms with Crippen LogP contribution in [0.5, 0.6) is 0 Å². The van der Waals surface area contributed by atoms with Gasteiger partial charge in [0, 0.05) is 23.5 Å². The van der Waals surface area contributed by atoms with Crippen molar-refractivity contribution in [3.8, 4) is 0 Å². The van der Waals surface area contributed by atoms with Crippen LogP contribution >= 0.6 is 27.5 Å². The Kier molecular flexibility index (Phi) is 5.03. The Labute approximate surface area is 103 Å². The zero-order chi connectivity index (χ0) is 11.4. The minimum atomic E-state index is -0.312. The first-order chi connectivity index (χ1) is 7.06. The molecule has 0 fully saturated rings. The van der Waals surface area contributed by atoms with Gasteiger partial charge in [0.2, 0.25) is 0 Å². The molecule has 1 unspecified atom stereocenters. The Hall–Kier alpha value is -0.120. The summed E-state index contributed by atoms with van der Waals surface area (Å²) < 4.78 is 13.6. The quantitative estimate of drug-likeness (QED) is 0.766. The molecule has 0 amide bonds. The minimum Gasteiger partial charge on any atom is -0.299 e. The molecule has 1 nitrogen and oxygen atoms in total. The van der Waals surface area contributed by atoms with Crippen LogP contribution < -0.4 is 0 Å². The third-order valence-corrected chi connectivity index (χ3v) is 3.66. The molecule has 0 aliphatic carbocycles. The summed E-state index contributed by atoms with van der Waals surface area (Å²) in [6.07, 6.45) is 0. The van der Waals surface area contributed by atoms with Crippen LogP contribution in [0, 0.1) is 5.82 Å². The maximum absolute atomic E-state index is 13.6. The van der Waals surface area contributed by atoms with Crippen molar-refractivity contribution in [2.75, 3.05) is 12.4 Å². The molecule has 0 aliphatic heterocycles. The van der Waals surface area contributed by atoms with Crippen LogP contribution in [-0.4, -0.2) is 23.3 Å². The van der Waals surface area contributed by atoms with Crippen LogP contribution in [0.3, 0.4) is 0 Å². The van der Waals surface area contributed by atoms with Gasteiger partial charge in [-0.15, -0.1) is 0 Å². The van der Waals surface area contributed by atoms with Gasteiger partial charge in [-0.05, 0) is 20.0 Å². The van der Waals surface area contributed by atoms with Crippen LogP contribution in [0.2, 0.25) is 5.02 Å². The fourth-order valence-electron chi connectivity index (χ4n) is 1.21. The Balaban J connectivity index is 2.76. The average molecular weight is 295 g/mol. The van der Waals surface area contributed by atoms with Gasteiger partial charge >= 0.3 is 0 Å². The summed E-state index contributed by atoms with van der Waals surface area (Å²) in [5.74, 6) is -0.312. The molecule has 1 aromatic rings. The van der Waals surface area contributed by atoms with Gasteiger partial charge in [-0.3, -0.25) is 4.90 Å². The van der Waals surface area contributed by atoms with Crippen molar-refractivity contribution in [2.24, 2.45) is 0 Å². The zero-order valence-electron chi connectivity index (χ0n) is 8.80. The number of halogens is 3. The maximum Gasteiger partial charge on any atom is 0.146 e. The Bertz CT molecular complexity index is 332. The SMILES string of the molecule is CC(CBr)N(C)Cc1cccc(Cl)c1F. The van der Waals surface area contributed by atoms with Gasteiger partial charge in [-0.1, -0.05) is 39.7 Å². The molecule has 4 heteroatoms. The van der Waals surface area contributed by atoms with Crippen molar-refractivity contribution >= 4 is 27.5 Å². The largest absolute Gasteiger partial charge is 0.299 e. The van der Waals surface area contributed by atoms with Crippen molar-refractivity contribution in [1.82, 2.24) is 4.90 Å². The van der Waals surface area contributed by atoms with Gasteiger partial charge < -0.3 is 0 Å². The number of hydrogen-bond acceptors (Lipinski definition) is 1. The summed E-state index contributed by atoms with van der Waals surface area (Å²) in [5.41, 5.74) is 0.637. The van der Waals surface area contributed by atoms with Crippen LogP contribution in [0.25, 0.3) is 0 Å². The molecule has 84 valence electrons. The molecule has 0 radical (unpaired) electrons. The predicted octanol–water partition coefficient (Wildman–Crippen LogP) is 3.69. The molecule has 0 spiro atoms. The van der Waals surface area contributed by atoms with E-state index in [-0.39, 0.29) is 10.8 Å². The first-order valence-electron chi connectivity index (χ1n) is 4.75. The second kappa shape index (κ2) is 5.83. The second-order valence-corrected chi connectivity index (χ2v) is 4.69. The Morgan fingerprint density at radius 1 is 1.53 bits per heavy atom. The van der Waals surface area contributed by atoms with E-state index in [0.717, 1.165) is 5.33 Å². The summed E-state index contributed by atoms with van der Waals surface area (Å²) in [4.78, 5) is 2.07. The fourth-order valence-corrected chi connectivity index (χ4v) is 1.90. The lowest BCUT2D eigenvalue weighted by Gasteiger charge is -2.23. The van der Waals surface area contributed by atoms with E-state index in [1.165, 1.54) is 0 Å². The lowest BCUT2D eigenvalue weighted by molar-refractivity contribution is 0.267. The van der Waals surface area contributed by atoms with Crippen LogP contribution in [-0.2, 0) is 6.54 Å². The van der Waals surface area contributed by atoms with E-state index in [4.69, 9.17) is 11.6 Å². The molecule has 1 aromatic carbocycles. The molecular weight excluding hydrogens is 280 g/mol. The normalized spacial score (nSPS) is 13.2. The van der Waals surface area contributed by atoms with Gasteiger partial charge in [0.1, 0.15) is 5.82 Å². The molecule has 15 heavy (non-hydrogen) atoms. The number of hydrogen-bond donors (Lipinski definition) is 0. The van der Waals surface area contributed by atoms with Gasteiger partial charge in [0.25, 0.3) is 0 Å². The molecule has 0 aliphatic rings. The van der Waals surface area contributed by atoms with Crippen molar-refractivity contribution < 1.29 is 4.39 Å². The molecule has 1 rings (SSSR count). The summed E-state index contributed by atoms with van der Waals surface area (Å²) in [7, 11) is 1.96. The van der Waals surface area contributed by atoms with E-state index in [9.17, 15) is 4.39 Å². The van der Waals surface area contributed by atoms with Crippen molar-refractivity contribution in [3.05, 3.63) is 34.6 Å². The van der Waals surface area contributed by atoms with Gasteiger partial charge in [0.05, 0.1) is 5.02 Å². The monoisotopic (exact) mass is 293 g/mol. The van der Waals surface area contributed by atoms with E-state index in [2.05, 4.69) is 27.8 Å². The van der Waals surface area contributed by atoms with Crippen molar-refractivity contribution in [1.29, 1.82) is 0 Å². The summed E-state index contributed by atoms with van der Waals surface area (Å²) >= 11 is 9.11. The van der Waals surface area contributed by atoms with E-state index >= 15 is 0 Å². The summed E-state index contributed by atoms with van der Waals surface area (Å²) in [5, 5.41) is 1.05. The van der Waals surface area contributed by atoms with Crippen LogP contribution in [0.15, 0.2) is 18.2 Å². The second-order valence-electron chi connectivity index (χ2n) is 3.63. The number of benzene rings is 1. The average Bonchev–Trinajstić information content (AvgIpc) is 2.23. The van der Waals surface area contributed by atoms with Crippen LogP contribution in [0.4, 0.5) is 4.39 Å². The Morgan fingerprint density at radius 2 is 2.20 bits per heavy atom. The lowest BCUT2D eigenvalue weighted by atomic mass is 10.2. The van der Waals surface area contributed by atoms with Gasteiger partial charge in [0.15, 0.2) is 0 Å². The molecule has 0 saturated carbocycles. The van der Waals surface area contributed by atoms with Gasteiger partial charge in [-0.2, -0.15) is 0 Å². The molecule has 1 atom stereocenters. The highest BCUT2D eigenvalue weighted by atomic mass is 79.9. The first-order valence-corrected chi connectivity index (χ1v) is 6.25. The minimum absolute atomic E-state index is 0.187. The number of rotatable bonds is 4. The summed E-state index contributed by atoms with van der Waals surface area (Å²) in [6, 6.07) is 5.46. The first kappa shape index (κ1) is 12.9. The highest BCUT2D eigenvalue weighted by Crippen LogP contribution is 2.19. The topological polar surface area (TPSA) is 3.24 Å². The zero-order valence-corrected chi connectivity index (χ0v) is 11.1. The highest BCUT2D eigenvalue weighted by Gasteiger charge is 2.12. The van der Waals surface area contributed by atoms with E-state index in [0.29, 0.717) is 18.2 Å². The van der Waals surface area contributed by atoms with Crippen LogP contribution in [0.1, 0.15) is 12.5 Å². The number of nitrogens with zero attached hydrogens (tertiary/aromatic N) is 1. The lowest BCUT2D eigenvalue weighted by Crippen LogP contribution is -2.30. The molecule has 0 N–H and O–H groups in total. The third-order valence-electron chi connectivity index (χ3n) is 2.43.